The summed E-state index contributed by atoms with van der Waals surface area (Å²) in [4.78, 5) is 10.1. The topological polar surface area (TPSA) is 74.7 Å². The predicted molar refractivity (Wildman–Crippen MR) is 75.8 cm³/mol. The highest BCUT2D eigenvalue weighted by molar-refractivity contribution is 9.10. The third-order valence-corrected chi connectivity index (χ3v) is 5.43. The number of aliphatic carboxylic acids is 1. The van der Waals surface area contributed by atoms with Gasteiger partial charge in [0.1, 0.15) is 17.3 Å². The molecular formula is C11H12BrClFNO4S. The highest BCUT2D eigenvalue weighted by Crippen LogP contribution is 2.29. The Morgan fingerprint density at radius 2 is 2.10 bits per heavy atom. The number of benzene rings is 1. The summed E-state index contributed by atoms with van der Waals surface area (Å²) in [5.74, 6) is -2.31. The maximum absolute atomic E-state index is 13.8. The molecule has 1 N–H and O–H groups in total. The van der Waals surface area contributed by atoms with Crippen molar-refractivity contribution in [2.45, 2.75) is 18.2 Å². The van der Waals surface area contributed by atoms with Crippen LogP contribution >= 0.6 is 27.5 Å². The Hall–Kier alpha value is -0.700. The van der Waals surface area contributed by atoms with Crippen LogP contribution in [0.5, 0.6) is 0 Å². The Kier molecular flexibility index (Phi) is 5.93. The zero-order valence-electron chi connectivity index (χ0n) is 10.4. The number of nitrogens with zero attached hydrogens (tertiary/aromatic N) is 1. The molecule has 0 atom stereocenters. The Bertz CT molecular complexity index is 623. The number of carboxylic acids is 1. The average molecular weight is 389 g/mol. The first kappa shape index (κ1) is 17.4. The van der Waals surface area contributed by atoms with E-state index in [2.05, 4.69) is 15.9 Å². The van der Waals surface area contributed by atoms with E-state index >= 15 is 0 Å². The molecule has 1 rings (SSSR count). The van der Waals surface area contributed by atoms with Gasteiger partial charge in [-0.3, -0.25) is 4.79 Å². The minimum absolute atomic E-state index is 0.0248. The molecule has 9 heteroatoms. The summed E-state index contributed by atoms with van der Waals surface area (Å²) < 4.78 is 39.3. The normalized spacial score (nSPS) is 11.8. The van der Waals surface area contributed by atoms with Crippen molar-refractivity contribution in [2.75, 3.05) is 13.1 Å². The second-order valence-corrected chi connectivity index (χ2v) is 7.10. The quantitative estimate of drug-likeness (QED) is 0.760. The van der Waals surface area contributed by atoms with Crippen molar-refractivity contribution in [3.63, 3.8) is 0 Å². The molecule has 1 aromatic rings. The van der Waals surface area contributed by atoms with Crippen LogP contribution in [0.15, 0.2) is 21.5 Å². The van der Waals surface area contributed by atoms with E-state index < -0.39 is 33.3 Å². The lowest BCUT2D eigenvalue weighted by atomic mass is 10.3. The fourth-order valence-electron chi connectivity index (χ4n) is 1.53. The van der Waals surface area contributed by atoms with E-state index in [0.717, 1.165) is 12.1 Å². The molecule has 0 aliphatic heterocycles. The van der Waals surface area contributed by atoms with Crippen LogP contribution in [0.25, 0.3) is 0 Å². The second kappa shape index (κ2) is 6.84. The monoisotopic (exact) mass is 387 g/mol. The molecule has 0 heterocycles. The van der Waals surface area contributed by atoms with Crippen molar-refractivity contribution in [3.8, 4) is 0 Å². The van der Waals surface area contributed by atoms with Gasteiger partial charge in [0.2, 0.25) is 10.0 Å². The second-order valence-electron chi connectivity index (χ2n) is 3.93. The molecule has 0 saturated heterocycles. The third-order valence-electron chi connectivity index (χ3n) is 2.38. The highest BCUT2D eigenvalue weighted by atomic mass is 79.9. The first-order valence-electron chi connectivity index (χ1n) is 5.56. The van der Waals surface area contributed by atoms with E-state index in [9.17, 15) is 17.6 Å². The van der Waals surface area contributed by atoms with Gasteiger partial charge in [0.15, 0.2) is 0 Å². The summed E-state index contributed by atoms with van der Waals surface area (Å²) >= 11 is 8.75. The molecule has 0 bridgehead atoms. The zero-order valence-corrected chi connectivity index (χ0v) is 13.6. The van der Waals surface area contributed by atoms with E-state index in [4.69, 9.17) is 16.7 Å². The summed E-state index contributed by atoms with van der Waals surface area (Å²) in [6.07, 6.45) is 0.401. The largest absolute Gasteiger partial charge is 0.480 e. The van der Waals surface area contributed by atoms with Gasteiger partial charge in [-0.1, -0.05) is 18.5 Å². The lowest BCUT2D eigenvalue weighted by Gasteiger charge is -2.20. The molecule has 0 aliphatic carbocycles. The van der Waals surface area contributed by atoms with E-state index in [1.165, 1.54) is 0 Å². The first-order chi connectivity index (χ1) is 9.20. The molecule has 0 unspecified atom stereocenters. The Labute approximate surface area is 129 Å². The summed E-state index contributed by atoms with van der Waals surface area (Å²) in [5, 5.41) is 8.78. The molecule has 0 amide bonds. The standard InChI is InChI=1S/C11H12BrClFNO4S/c1-2-3-15(6-11(16)17)20(18,19)10-5-8(13)7(12)4-9(10)14/h4-5H,2-3,6H2,1H3,(H,16,17). The molecule has 20 heavy (non-hydrogen) atoms. The highest BCUT2D eigenvalue weighted by Gasteiger charge is 2.29. The van der Waals surface area contributed by atoms with Crippen LogP contribution in [-0.4, -0.2) is 36.9 Å². The smallest absolute Gasteiger partial charge is 0.318 e. The molecular weight excluding hydrogens is 377 g/mol. The molecule has 0 fully saturated rings. The van der Waals surface area contributed by atoms with Crippen molar-refractivity contribution in [2.24, 2.45) is 0 Å². The molecule has 1 aromatic carbocycles. The van der Waals surface area contributed by atoms with Gasteiger partial charge in [-0.2, -0.15) is 4.31 Å². The van der Waals surface area contributed by atoms with Crippen molar-refractivity contribution < 1.29 is 22.7 Å². The van der Waals surface area contributed by atoms with Crippen molar-refractivity contribution >= 4 is 43.5 Å². The van der Waals surface area contributed by atoms with Crippen molar-refractivity contribution in [1.82, 2.24) is 4.31 Å². The Morgan fingerprint density at radius 1 is 1.50 bits per heavy atom. The fourth-order valence-corrected chi connectivity index (χ4v) is 3.62. The number of rotatable bonds is 6. The van der Waals surface area contributed by atoms with Crippen LogP contribution in [0, 0.1) is 5.82 Å². The molecule has 112 valence electrons. The minimum atomic E-state index is -4.26. The minimum Gasteiger partial charge on any atom is -0.480 e. The summed E-state index contributed by atoms with van der Waals surface area (Å²) in [6.45, 7) is 0.931. The lowest BCUT2D eigenvalue weighted by Crippen LogP contribution is -2.36. The predicted octanol–water partition coefficient (Wildman–Crippen LogP) is 2.73. The van der Waals surface area contributed by atoms with Gasteiger partial charge in [-0.15, -0.1) is 0 Å². The third kappa shape index (κ3) is 3.91. The lowest BCUT2D eigenvalue weighted by molar-refractivity contribution is -0.137. The number of carboxylic acid groups (broad SMARTS) is 1. The maximum atomic E-state index is 13.8. The van der Waals surface area contributed by atoms with Gasteiger partial charge in [0.25, 0.3) is 0 Å². The van der Waals surface area contributed by atoms with Crippen molar-refractivity contribution in [1.29, 1.82) is 0 Å². The van der Waals surface area contributed by atoms with Crippen LogP contribution in [-0.2, 0) is 14.8 Å². The maximum Gasteiger partial charge on any atom is 0.318 e. The van der Waals surface area contributed by atoms with Gasteiger partial charge < -0.3 is 5.11 Å². The molecule has 0 saturated carbocycles. The van der Waals surface area contributed by atoms with Crippen LogP contribution in [0.4, 0.5) is 4.39 Å². The number of hydrogen-bond acceptors (Lipinski definition) is 3. The average Bonchev–Trinajstić information content (AvgIpc) is 2.32. The van der Waals surface area contributed by atoms with E-state index in [0.29, 0.717) is 10.7 Å². The van der Waals surface area contributed by atoms with Crippen LogP contribution < -0.4 is 0 Å². The van der Waals surface area contributed by atoms with Crippen LogP contribution in [0.1, 0.15) is 13.3 Å². The first-order valence-corrected chi connectivity index (χ1v) is 8.17. The molecule has 0 aromatic heterocycles. The summed E-state index contributed by atoms with van der Waals surface area (Å²) in [5.41, 5.74) is 0. The number of hydrogen-bond donors (Lipinski definition) is 1. The Balaban J connectivity index is 3.32. The summed E-state index contributed by atoms with van der Waals surface area (Å²) in [6, 6.07) is 1.89. The van der Waals surface area contributed by atoms with Gasteiger partial charge in [-0.05, 0) is 34.5 Å². The van der Waals surface area contributed by atoms with Gasteiger partial charge in [-0.25, -0.2) is 12.8 Å². The van der Waals surface area contributed by atoms with Gasteiger partial charge in [0, 0.05) is 11.0 Å². The molecule has 0 spiro atoms. The van der Waals surface area contributed by atoms with Gasteiger partial charge in [0.05, 0.1) is 5.02 Å². The Morgan fingerprint density at radius 3 is 2.60 bits per heavy atom. The molecule has 0 aliphatic rings. The van der Waals surface area contributed by atoms with E-state index in [1.807, 2.05) is 0 Å². The van der Waals surface area contributed by atoms with Crippen LogP contribution in [0.2, 0.25) is 5.02 Å². The molecule has 5 nitrogen and oxygen atoms in total. The summed E-state index contributed by atoms with van der Waals surface area (Å²) in [7, 11) is -4.26. The number of carbonyl (C=O) groups is 1. The van der Waals surface area contributed by atoms with Crippen LogP contribution in [0.3, 0.4) is 0 Å². The zero-order chi connectivity index (χ0) is 15.5. The number of sulfonamides is 1. The fraction of sp³-hybridized carbons (Fsp3) is 0.364. The number of halogens is 3. The SMILES string of the molecule is CCCN(CC(=O)O)S(=O)(=O)c1cc(Cl)c(Br)cc1F. The van der Waals surface area contributed by atoms with E-state index in [-0.39, 0.29) is 16.0 Å². The van der Waals surface area contributed by atoms with Crippen molar-refractivity contribution in [3.05, 3.63) is 27.4 Å². The molecule has 0 radical (unpaired) electrons. The van der Waals surface area contributed by atoms with Gasteiger partial charge >= 0.3 is 5.97 Å². The van der Waals surface area contributed by atoms with E-state index in [1.54, 1.807) is 6.92 Å².